The van der Waals surface area contributed by atoms with Crippen molar-refractivity contribution >= 4 is 0 Å². The predicted molar refractivity (Wildman–Crippen MR) is 37.3 cm³/mol. The van der Waals surface area contributed by atoms with Crippen LogP contribution in [0.1, 0.15) is 12.8 Å². The molecule has 1 unspecified atom stereocenters. The maximum Gasteiger partial charge on any atom is 0.166 e. The third kappa shape index (κ3) is 5.35. The molecule has 0 aliphatic carbocycles. The number of aliphatic hydroxyl groups is 1. The Morgan fingerprint density at radius 1 is 1.45 bits per heavy atom. The number of hydrogen-bond acceptors (Lipinski definition) is 4. The molecule has 0 bridgehead atoms. The van der Waals surface area contributed by atoms with Gasteiger partial charge in [-0.25, -0.2) is 0 Å². The molecule has 0 heterocycles. The normalized spacial score (nSPS) is 11.5. The first-order valence-corrected chi connectivity index (χ1v) is 3.34. The van der Waals surface area contributed by atoms with E-state index in [2.05, 4.69) is 0 Å². The summed E-state index contributed by atoms with van der Waals surface area (Å²) in [5.41, 5.74) is 0. The second-order valence-corrected chi connectivity index (χ2v) is 1.93. The highest BCUT2D eigenvalue weighted by molar-refractivity contribution is 4.83. The molecule has 1 N–H and O–H groups in total. The van der Waals surface area contributed by atoms with Crippen LogP contribution in [0.5, 0.6) is 0 Å². The first-order valence-electron chi connectivity index (χ1n) is 3.34. The second kappa shape index (κ2) is 7.01. The van der Waals surface area contributed by atoms with Crippen molar-refractivity contribution in [2.45, 2.75) is 18.9 Å². The molecule has 0 saturated carbocycles. The monoisotopic (exact) mass is 154 g/mol. The van der Waals surface area contributed by atoms with E-state index in [0.717, 1.165) is 0 Å². The SMILES string of the molecule is N#CCCCOC(C#N)CO. The maximum absolute atomic E-state index is 8.47. The molecule has 60 valence electrons. The van der Waals surface area contributed by atoms with Crippen LogP contribution in [0.15, 0.2) is 0 Å². The van der Waals surface area contributed by atoms with Crippen LogP contribution >= 0.6 is 0 Å². The highest BCUT2D eigenvalue weighted by atomic mass is 16.5. The Balaban J connectivity index is 3.25. The molecule has 0 amide bonds. The summed E-state index contributed by atoms with van der Waals surface area (Å²) < 4.78 is 4.88. The molecular weight excluding hydrogens is 144 g/mol. The number of nitriles is 2. The lowest BCUT2D eigenvalue weighted by atomic mass is 10.3. The standard InChI is InChI=1S/C7H10N2O2/c8-3-1-2-4-11-7(5-9)6-10/h7,10H,1-2,4,6H2. The van der Waals surface area contributed by atoms with E-state index in [1.807, 2.05) is 6.07 Å². The first-order chi connectivity index (χ1) is 5.35. The van der Waals surface area contributed by atoms with Crippen LogP contribution in [0, 0.1) is 22.7 Å². The molecule has 0 fully saturated rings. The molecule has 4 heteroatoms. The van der Waals surface area contributed by atoms with Crippen molar-refractivity contribution in [3.63, 3.8) is 0 Å². The first kappa shape index (κ1) is 9.90. The summed E-state index contributed by atoms with van der Waals surface area (Å²) in [5, 5.41) is 24.9. The summed E-state index contributed by atoms with van der Waals surface area (Å²) in [6.45, 7) is 0.0649. The second-order valence-electron chi connectivity index (χ2n) is 1.93. The Kier molecular flexibility index (Phi) is 6.31. The summed E-state index contributed by atoms with van der Waals surface area (Å²) in [4.78, 5) is 0. The van der Waals surface area contributed by atoms with Gasteiger partial charge >= 0.3 is 0 Å². The van der Waals surface area contributed by atoms with Gasteiger partial charge in [0.15, 0.2) is 6.10 Å². The Morgan fingerprint density at radius 2 is 2.18 bits per heavy atom. The summed E-state index contributed by atoms with van der Waals surface area (Å²) in [6.07, 6.45) is 0.284. The highest BCUT2D eigenvalue weighted by Crippen LogP contribution is 1.93. The molecule has 11 heavy (non-hydrogen) atoms. The van der Waals surface area contributed by atoms with Crippen molar-refractivity contribution in [3.8, 4) is 12.1 Å². The molecule has 0 aromatic rings. The van der Waals surface area contributed by atoms with E-state index in [4.69, 9.17) is 20.4 Å². The van der Waals surface area contributed by atoms with Gasteiger partial charge in [-0.2, -0.15) is 10.5 Å². The average Bonchev–Trinajstić information content (AvgIpc) is 2.05. The summed E-state index contributed by atoms with van der Waals surface area (Å²) in [5.74, 6) is 0. The van der Waals surface area contributed by atoms with Crippen molar-refractivity contribution in [2.24, 2.45) is 0 Å². The van der Waals surface area contributed by atoms with Crippen LogP contribution in [0.2, 0.25) is 0 Å². The Hall–Kier alpha value is -1.10. The smallest absolute Gasteiger partial charge is 0.166 e. The molecule has 0 aliphatic heterocycles. The molecule has 0 aliphatic rings. The number of hydrogen-bond donors (Lipinski definition) is 1. The van der Waals surface area contributed by atoms with Gasteiger partial charge in [0, 0.05) is 13.0 Å². The van der Waals surface area contributed by atoms with E-state index in [9.17, 15) is 0 Å². The topological polar surface area (TPSA) is 77.0 Å². The molecule has 1 atom stereocenters. The summed E-state index contributed by atoms with van der Waals surface area (Å²) in [6, 6.07) is 3.73. The third-order valence-corrected chi connectivity index (χ3v) is 1.06. The zero-order valence-electron chi connectivity index (χ0n) is 6.16. The fourth-order valence-electron chi connectivity index (χ4n) is 0.508. The van der Waals surface area contributed by atoms with Gasteiger partial charge in [-0.3, -0.25) is 0 Å². The van der Waals surface area contributed by atoms with E-state index in [1.54, 1.807) is 6.07 Å². The lowest BCUT2D eigenvalue weighted by Crippen LogP contribution is -2.15. The lowest BCUT2D eigenvalue weighted by Gasteiger charge is -2.04. The van der Waals surface area contributed by atoms with Gasteiger partial charge in [0.25, 0.3) is 0 Å². The Morgan fingerprint density at radius 3 is 2.64 bits per heavy atom. The zero-order chi connectivity index (χ0) is 8.53. The molecule has 0 aromatic heterocycles. The van der Waals surface area contributed by atoms with E-state index in [0.29, 0.717) is 19.4 Å². The van der Waals surface area contributed by atoms with Crippen LogP contribution in [0.4, 0.5) is 0 Å². The van der Waals surface area contributed by atoms with Crippen molar-refractivity contribution < 1.29 is 9.84 Å². The molecule has 0 rings (SSSR count). The summed E-state index contributed by atoms with van der Waals surface area (Å²) >= 11 is 0. The minimum Gasteiger partial charge on any atom is -0.393 e. The number of aliphatic hydroxyl groups excluding tert-OH is 1. The number of nitrogens with zero attached hydrogens (tertiary/aromatic N) is 2. The summed E-state index contributed by atoms with van der Waals surface area (Å²) in [7, 11) is 0. The zero-order valence-corrected chi connectivity index (χ0v) is 6.16. The molecule has 0 aromatic carbocycles. The fraction of sp³-hybridized carbons (Fsp3) is 0.714. The van der Waals surface area contributed by atoms with Gasteiger partial charge in [0.05, 0.1) is 18.7 Å². The molecule has 4 nitrogen and oxygen atoms in total. The van der Waals surface area contributed by atoms with Crippen molar-refractivity contribution in [3.05, 3.63) is 0 Å². The lowest BCUT2D eigenvalue weighted by molar-refractivity contribution is 0.0467. The van der Waals surface area contributed by atoms with Crippen molar-refractivity contribution in [2.75, 3.05) is 13.2 Å². The van der Waals surface area contributed by atoms with Gasteiger partial charge in [-0.1, -0.05) is 0 Å². The van der Waals surface area contributed by atoms with Gasteiger partial charge < -0.3 is 9.84 Å². The molecule has 0 radical (unpaired) electrons. The average molecular weight is 154 g/mol. The van der Waals surface area contributed by atoms with Gasteiger partial charge in [0.2, 0.25) is 0 Å². The van der Waals surface area contributed by atoms with Crippen LogP contribution < -0.4 is 0 Å². The minimum atomic E-state index is -0.742. The van der Waals surface area contributed by atoms with E-state index >= 15 is 0 Å². The maximum atomic E-state index is 8.47. The molecule has 0 saturated heterocycles. The molecule has 0 spiro atoms. The van der Waals surface area contributed by atoms with Gasteiger partial charge in [-0.15, -0.1) is 0 Å². The van der Waals surface area contributed by atoms with Gasteiger partial charge in [0.1, 0.15) is 0 Å². The van der Waals surface area contributed by atoms with E-state index in [1.165, 1.54) is 0 Å². The van der Waals surface area contributed by atoms with Crippen LogP contribution in [0.3, 0.4) is 0 Å². The van der Waals surface area contributed by atoms with Gasteiger partial charge in [-0.05, 0) is 6.42 Å². The van der Waals surface area contributed by atoms with E-state index in [-0.39, 0.29) is 6.61 Å². The Bertz CT molecular complexity index is 168. The Labute approximate surface area is 65.6 Å². The largest absolute Gasteiger partial charge is 0.393 e. The molecular formula is C7H10N2O2. The number of ether oxygens (including phenoxy) is 1. The quantitative estimate of drug-likeness (QED) is 0.573. The van der Waals surface area contributed by atoms with Crippen molar-refractivity contribution in [1.29, 1.82) is 10.5 Å². The third-order valence-electron chi connectivity index (χ3n) is 1.06. The van der Waals surface area contributed by atoms with Crippen LogP contribution in [0.25, 0.3) is 0 Å². The number of unbranched alkanes of at least 4 members (excludes halogenated alkanes) is 1. The van der Waals surface area contributed by atoms with E-state index < -0.39 is 6.10 Å². The minimum absolute atomic E-state index is 0.289. The van der Waals surface area contributed by atoms with Crippen LogP contribution in [-0.4, -0.2) is 24.4 Å². The number of rotatable bonds is 5. The predicted octanol–water partition coefficient (Wildman–Crippen LogP) is 0.191. The fourth-order valence-corrected chi connectivity index (χ4v) is 0.508. The van der Waals surface area contributed by atoms with Crippen molar-refractivity contribution in [1.82, 2.24) is 0 Å². The highest BCUT2D eigenvalue weighted by Gasteiger charge is 2.03. The van der Waals surface area contributed by atoms with Crippen LogP contribution in [-0.2, 0) is 4.74 Å².